The van der Waals surface area contributed by atoms with Crippen molar-refractivity contribution in [2.24, 2.45) is 0 Å². The van der Waals surface area contributed by atoms with Gasteiger partial charge in [-0.25, -0.2) is 15.0 Å². The number of aromatic nitrogens is 4. The van der Waals surface area contributed by atoms with Crippen LogP contribution in [0.15, 0.2) is 30.6 Å². The molecule has 1 aromatic carbocycles. The van der Waals surface area contributed by atoms with Crippen molar-refractivity contribution in [2.45, 2.75) is 31.5 Å². The van der Waals surface area contributed by atoms with Gasteiger partial charge in [-0.05, 0) is 38.0 Å². The number of nitrogens with zero attached hydrogens (tertiary/aromatic N) is 4. The SMILES string of the molecule is Cc1cc(N2CCC[C@@](O)(CNC(=O)c3ccc4nc(C(F)(F)F)[nH]c4c3)C2)ncn1. The van der Waals surface area contributed by atoms with Crippen molar-refractivity contribution in [3.05, 3.63) is 47.7 Å². The predicted octanol–water partition coefficient (Wildman–Crippen LogP) is 2.44. The minimum atomic E-state index is -4.60. The lowest BCUT2D eigenvalue weighted by atomic mass is 9.92. The number of aryl methyl sites for hydroxylation is 1. The van der Waals surface area contributed by atoms with E-state index in [4.69, 9.17) is 0 Å². The monoisotopic (exact) mass is 434 g/mol. The maximum absolute atomic E-state index is 12.8. The molecule has 0 aliphatic carbocycles. The average molecular weight is 434 g/mol. The molecule has 0 unspecified atom stereocenters. The maximum atomic E-state index is 12.8. The minimum absolute atomic E-state index is 0.00120. The summed E-state index contributed by atoms with van der Waals surface area (Å²) >= 11 is 0. The third-order valence-electron chi connectivity index (χ3n) is 5.26. The van der Waals surface area contributed by atoms with Gasteiger partial charge in [-0.15, -0.1) is 0 Å². The van der Waals surface area contributed by atoms with Crippen molar-refractivity contribution in [3.8, 4) is 0 Å². The van der Waals surface area contributed by atoms with E-state index in [1.165, 1.54) is 24.5 Å². The number of aromatic amines is 1. The standard InChI is InChI=1S/C20H21F3N6O2/c1-12-7-16(26-11-25-12)29-6-2-5-19(31,10-29)9-24-17(30)13-3-4-14-15(8-13)28-18(27-14)20(21,22)23/h3-4,7-8,11,31H,2,5-6,9-10H2,1H3,(H,24,30)(H,27,28)/t19-/m1/s1. The number of benzene rings is 1. The molecule has 4 rings (SSSR count). The van der Waals surface area contributed by atoms with Gasteiger partial charge in [0, 0.05) is 37.0 Å². The Morgan fingerprint density at radius 3 is 2.87 bits per heavy atom. The quantitative estimate of drug-likeness (QED) is 0.582. The predicted molar refractivity (Wildman–Crippen MR) is 107 cm³/mol. The molecule has 2 aromatic heterocycles. The number of hydrogen-bond acceptors (Lipinski definition) is 6. The second-order valence-electron chi connectivity index (χ2n) is 7.76. The van der Waals surface area contributed by atoms with Crippen LogP contribution in [0.25, 0.3) is 11.0 Å². The molecule has 0 radical (unpaired) electrons. The zero-order chi connectivity index (χ0) is 22.2. The molecular formula is C20H21F3N6O2. The number of alkyl halides is 3. The molecule has 3 N–H and O–H groups in total. The van der Waals surface area contributed by atoms with Crippen LogP contribution in [-0.2, 0) is 6.18 Å². The van der Waals surface area contributed by atoms with Crippen LogP contribution in [0, 0.1) is 6.92 Å². The fourth-order valence-electron chi connectivity index (χ4n) is 3.70. The second-order valence-corrected chi connectivity index (χ2v) is 7.76. The third-order valence-corrected chi connectivity index (χ3v) is 5.26. The second kappa shape index (κ2) is 7.80. The molecule has 8 nitrogen and oxygen atoms in total. The third kappa shape index (κ3) is 4.61. The van der Waals surface area contributed by atoms with Crippen molar-refractivity contribution in [2.75, 3.05) is 24.5 Å². The average Bonchev–Trinajstić information content (AvgIpc) is 3.16. The van der Waals surface area contributed by atoms with E-state index in [9.17, 15) is 23.1 Å². The smallest absolute Gasteiger partial charge is 0.386 e. The van der Waals surface area contributed by atoms with E-state index in [0.29, 0.717) is 12.2 Å². The Bertz CT molecular complexity index is 1120. The molecule has 0 saturated carbocycles. The number of amides is 1. The Balaban J connectivity index is 1.43. The highest BCUT2D eigenvalue weighted by atomic mass is 19.4. The molecule has 1 amide bonds. The first-order chi connectivity index (χ1) is 14.6. The van der Waals surface area contributed by atoms with Gasteiger partial charge in [-0.1, -0.05) is 0 Å². The van der Waals surface area contributed by atoms with Crippen LogP contribution in [0.1, 0.15) is 34.7 Å². The van der Waals surface area contributed by atoms with Crippen LogP contribution in [0.2, 0.25) is 0 Å². The first-order valence-corrected chi connectivity index (χ1v) is 9.74. The number of H-pyrrole nitrogens is 1. The van der Waals surface area contributed by atoms with Crippen LogP contribution in [0.5, 0.6) is 0 Å². The summed E-state index contributed by atoms with van der Waals surface area (Å²) in [6.45, 7) is 2.87. The number of aliphatic hydroxyl groups is 1. The summed E-state index contributed by atoms with van der Waals surface area (Å²) < 4.78 is 38.5. The fraction of sp³-hybridized carbons (Fsp3) is 0.400. The number of imidazole rings is 1. The summed E-state index contributed by atoms with van der Waals surface area (Å²) in [6.07, 6.45) is -1.91. The zero-order valence-corrected chi connectivity index (χ0v) is 16.7. The van der Waals surface area contributed by atoms with E-state index in [-0.39, 0.29) is 29.7 Å². The molecule has 31 heavy (non-hydrogen) atoms. The van der Waals surface area contributed by atoms with Crippen LogP contribution in [0.3, 0.4) is 0 Å². The van der Waals surface area contributed by atoms with Gasteiger partial charge in [0.1, 0.15) is 12.1 Å². The highest BCUT2D eigenvalue weighted by Gasteiger charge is 2.35. The van der Waals surface area contributed by atoms with E-state index in [0.717, 1.165) is 18.7 Å². The van der Waals surface area contributed by atoms with Crippen LogP contribution in [0.4, 0.5) is 19.0 Å². The molecule has 1 saturated heterocycles. The molecule has 11 heteroatoms. The Morgan fingerprint density at radius 2 is 2.13 bits per heavy atom. The van der Waals surface area contributed by atoms with Crippen molar-refractivity contribution >= 4 is 22.8 Å². The highest BCUT2D eigenvalue weighted by molar-refractivity contribution is 5.97. The maximum Gasteiger partial charge on any atom is 0.449 e. The van der Waals surface area contributed by atoms with Gasteiger partial charge >= 0.3 is 6.18 Å². The molecule has 1 aliphatic rings. The summed E-state index contributed by atoms with van der Waals surface area (Å²) in [5.41, 5.74) is 0.0593. The van der Waals surface area contributed by atoms with Crippen molar-refractivity contribution < 1.29 is 23.1 Å². The van der Waals surface area contributed by atoms with Crippen molar-refractivity contribution in [1.82, 2.24) is 25.3 Å². The van der Waals surface area contributed by atoms with E-state index < -0.39 is 23.5 Å². The summed E-state index contributed by atoms with van der Waals surface area (Å²) in [5.74, 6) is -0.896. The first-order valence-electron chi connectivity index (χ1n) is 9.74. The molecule has 3 heterocycles. The highest BCUT2D eigenvalue weighted by Crippen LogP contribution is 2.29. The number of rotatable bonds is 4. The molecule has 3 aromatic rings. The van der Waals surface area contributed by atoms with E-state index >= 15 is 0 Å². The van der Waals surface area contributed by atoms with E-state index in [1.807, 2.05) is 17.9 Å². The number of halogens is 3. The lowest BCUT2D eigenvalue weighted by molar-refractivity contribution is -0.144. The molecule has 1 atom stereocenters. The summed E-state index contributed by atoms with van der Waals surface area (Å²) in [6, 6.07) is 5.90. The van der Waals surface area contributed by atoms with Gasteiger partial charge in [0.2, 0.25) is 5.82 Å². The number of hydrogen-bond donors (Lipinski definition) is 3. The van der Waals surface area contributed by atoms with Crippen LogP contribution in [-0.4, -0.2) is 56.2 Å². The number of nitrogens with one attached hydrogen (secondary N) is 2. The van der Waals surface area contributed by atoms with Crippen molar-refractivity contribution in [3.63, 3.8) is 0 Å². The lowest BCUT2D eigenvalue weighted by Gasteiger charge is -2.39. The summed E-state index contributed by atoms with van der Waals surface area (Å²) in [7, 11) is 0. The molecule has 0 spiro atoms. The first kappa shape index (κ1) is 21.0. The van der Waals surface area contributed by atoms with Gasteiger partial charge in [0.05, 0.1) is 16.6 Å². The Hall–Kier alpha value is -3.21. The van der Waals surface area contributed by atoms with Crippen LogP contribution >= 0.6 is 0 Å². The molecule has 1 fully saturated rings. The molecule has 1 aliphatic heterocycles. The number of carbonyl (C=O) groups is 1. The van der Waals surface area contributed by atoms with Crippen molar-refractivity contribution in [1.29, 1.82) is 0 Å². The number of anilines is 1. The Labute approximate surface area is 175 Å². The zero-order valence-electron chi connectivity index (χ0n) is 16.7. The Kier molecular flexibility index (Phi) is 5.29. The number of carbonyl (C=O) groups excluding carboxylic acids is 1. The number of β-amino-alcohol motifs (C(OH)–C–C–N with tert-alkyl or cyclic N) is 1. The van der Waals surface area contributed by atoms with E-state index in [2.05, 4.69) is 25.3 Å². The molecule has 0 bridgehead atoms. The summed E-state index contributed by atoms with van der Waals surface area (Å²) in [4.78, 5) is 28.5. The van der Waals surface area contributed by atoms with Gasteiger partial charge in [-0.2, -0.15) is 13.2 Å². The molecule has 164 valence electrons. The van der Waals surface area contributed by atoms with Gasteiger partial charge < -0.3 is 20.3 Å². The lowest BCUT2D eigenvalue weighted by Crippen LogP contribution is -2.54. The summed E-state index contributed by atoms with van der Waals surface area (Å²) in [5, 5.41) is 13.7. The minimum Gasteiger partial charge on any atom is -0.386 e. The van der Waals surface area contributed by atoms with Gasteiger partial charge in [-0.3, -0.25) is 4.79 Å². The van der Waals surface area contributed by atoms with Gasteiger partial charge in [0.15, 0.2) is 0 Å². The number of fused-ring (bicyclic) bond motifs is 1. The van der Waals surface area contributed by atoms with Gasteiger partial charge in [0.25, 0.3) is 5.91 Å². The van der Waals surface area contributed by atoms with E-state index in [1.54, 1.807) is 0 Å². The largest absolute Gasteiger partial charge is 0.449 e. The molecular weight excluding hydrogens is 413 g/mol. The van der Waals surface area contributed by atoms with Crippen LogP contribution < -0.4 is 10.2 Å². The number of piperidine rings is 1. The normalized spacial score (nSPS) is 19.6. The topological polar surface area (TPSA) is 107 Å². The Morgan fingerprint density at radius 1 is 1.32 bits per heavy atom. The fourth-order valence-corrected chi connectivity index (χ4v) is 3.70.